The molecule has 0 heterocycles. The van der Waals surface area contributed by atoms with Gasteiger partial charge in [-0.05, 0) is 42.0 Å². The third kappa shape index (κ3) is 3.99. The lowest BCUT2D eigenvalue weighted by Gasteiger charge is -2.33. The molecule has 1 nitrogen and oxygen atoms in total. The van der Waals surface area contributed by atoms with Crippen molar-refractivity contribution in [3.8, 4) is 0 Å². The van der Waals surface area contributed by atoms with Gasteiger partial charge >= 0.3 is 0 Å². The molecule has 1 unspecified atom stereocenters. The summed E-state index contributed by atoms with van der Waals surface area (Å²) < 4.78 is 0. The van der Waals surface area contributed by atoms with Crippen LogP contribution in [-0.2, 0) is 11.2 Å². The maximum atomic E-state index is 13.2. The van der Waals surface area contributed by atoms with Crippen LogP contribution in [0.1, 0.15) is 5.56 Å². The molecule has 0 aliphatic heterocycles. The SMILES string of the molecule is O=C(S)C(Cc1ccccc1)[P+](c1ccccc1)(c1ccccc1)c1ccccc1. The third-order valence-corrected chi connectivity index (χ3v) is 10.7. The fourth-order valence-corrected chi connectivity index (χ4v) is 9.53. The molecular formula is C27H24OPS+. The van der Waals surface area contributed by atoms with Gasteiger partial charge in [0.25, 0.3) is 0 Å². The van der Waals surface area contributed by atoms with E-state index in [1.807, 2.05) is 36.4 Å². The molecule has 0 fully saturated rings. The van der Waals surface area contributed by atoms with Crippen molar-refractivity contribution >= 4 is 40.9 Å². The summed E-state index contributed by atoms with van der Waals surface area (Å²) in [5.74, 6) is 0. The zero-order valence-corrected chi connectivity index (χ0v) is 18.4. The molecule has 4 rings (SSSR count). The molecule has 0 radical (unpaired) electrons. The molecule has 0 bridgehead atoms. The molecular weight excluding hydrogens is 403 g/mol. The van der Waals surface area contributed by atoms with Crippen LogP contribution < -0.4 is 15.9 Å². The van der Waals surface area contributed by atoms with E-state index in [-0.39, 0.29) is 10.8 Å². The Morgan fingerprint density at radius 3 is 1.27 bits per heavy atom. The minimum absolute atomic E-state index is 0.0660. The van der Waals surface area contributed by atoms with E-state index in [9.17, 15) is 4.79 Å². The molecule has 0 amide bonds. The standard InChI is InChI=1S/C27H23OPS/c28-27(30)26(21-22-13-5-1-6-14-22)29(23-15-7-2-8-16-23,24-17-9-3-10-18-24)25-19-11-4-12-20-25/h1-20,26H,21H2/p+1. The Morgan fingerprint density at radius 2 is 0.933 bits per heavy atom. The molecule has 4 aromatic rings. The molecule has 30 heavy (non-hydrogen) atoms. The van der Waals surface area contributed by atoms with Crippen molar-refractivity contribution in [1.82, 2.24) is 0 Å². The van der Waals surface area contributed by atoms with Gasteiger partial charge < -0.3 is 0 Å². The van der Waals surface area contributed by atoms with Crippen molar-refractivity contribution in [2.45, 2.75) is 12.1 Å². The summed E-state index contributed by atoms with van der Waals surface area (Å²) in [6.45, 7) is 0. The molecule has 1 atom stereocenters. The maximum absolute atomic E-state index is 13.2. The van der Waals surface area contributed by atoms with Gasteiger partial charge in [0.2, 0.25) is 5.12 Å². The van der Waals surface area contributed by atoms with Crippen LogP contribution in [0.2, 0.25) is 0 Å². The van der Waals surface area contributed by atoms with Crippen molar-refractivity contribution in [2.75, 3.05) is 0 Å². The normalized spacial score (nSPS) is 12.3. The highest BCUT2D eigenvalue weighted by atomic mass is 32.1. The Kier molecular flexibility index (Phi) is 6.47. The Labute approximate surface area is 184 Å². The predicted molar refractivity (Wildman–Crippen MR) is 133 cm³/mol. The molecule has 0 aromatic heterocycles. The van der Waals surface area contributed by atoms with E-state index in [2.05, 4.69) is 97.6 Å². The number of rotatable bonds is 7. The van der Waals surface area contributed by atoms with Crippen LogP contribution in [0, 0.1) is 0 Å². The van der Waals surface area contributed by atoms with E-state index in [0.717, 1.165) is 5.56 Å². The first-order chi connectivity index (χ1) is 14.7. The van der Waals surface area contributed by atoms with E-state index in [4.69, 9.17) is 0 Å². The van der Waals surface area contributed by atoms with E-state index < -0.39 is 7.26 Å². The largest absolute Gasteiger partial charge is 0.283 e. The van der Waals surface area contributed by atoms with Crippen LogP contribution in [0.25, 0.3) is 0 Å². The Hall–Kier alpha value is -2.67. The van der Waals surface area contributed by atoms with Gasteiger partial charge in [0.15, 0.2) is 5.66 Å². The van der Waals surface area contributed by atoms with Gasteiger partial charge in [0.05, 0.1) is 0 Å². The molecule has 0 aliphatic rings. The Morgan fingerprint density at radius 1 is 0.600 bits per heavy atom. The lowest BCUT2D eigenvalue weighted by Crippen LogP contribution is -2.42. The predicted octanol–water partition coefficient (Wildman–Crippen LogP) is 5.05. The van der Waals surface area contributed by atoms with Crippen LogP contribution in [0.4, 0.5) is 0 Å². The van der Waals surface area contributed by atoms with Gasteiger partial charge in [-0.3, -0.25) is 4.79 Å². The lowest BCUT2D eigenvalue weighted by molar-refractivity contribution is -0.110. The van der Waals surface area contributed by atoms with Gasteiger partial charge in [-0.15, -0.1) is 12.6 Å². The van der Waals surface area contributed by atoms with Crippen molar-refractivity contribution < 1.29 is 4.79 Å². The smallest absolute Gasteiger partial charge is 0.227 e. The minimum atomic E-state index is -2.31. The van der Waals surface area contributed by atoms with E-state index in [0.29, 0.717) is 6.42 Å². The van der Waals surface area contributed by atoms with E-state index in [1.165, 1.54) is 15.9 Å². The first-order valence-corrected chi connectivity index (χ1v) is 12.4. The Bertz CT molecular complexity index is 986. The quantitative estimate of drug-likeness (QED) is 0.323. The first-order valence-electron chi connectivity index (χ1n) is 10.0. The zero-order chi connectivity index (χ0) is 20.8. The molecule has 0 saturated carbocycles. The summed E-state index contributed by atoms with van der Waals surface area (Å²) in [5, 5.41) is 3.53. The summed E-state index contributed by atoms with van der Waals surface area (Å²) in [6, 6.07) is 41.8. The summed E-state index contributed by atoms with van der Waals surface area (Å²) in [6.07, 6.45) is 0.648. The van der Waals surface area contributed by atoms with E-state index in [1.54, 1.807) is 0 Å². The van der Waals surface area contributed by atoms with Crippen LogP contribution in [-0.4, -0.2) is 10.8 Å². The third-order valence-electron chi connectivity index (χ3n) is 5.51. The van der Waals surface area contributed by atoms with Crippen LogP contribution >= 0.6 is 19.9 Å². The monoisotopic (exact) mass is 427 g/mol. The fraction of sp³-hybridized carbons (Fsp3) is 0.0741. The summed E-state index contributed by atoms with van der Waals surface area (Å²) >= 11 is 4.46. The number of thiol groups is 1. The molecule has 4 aromatic carbocycles. The summed E-state index contributed by atoms with van der Waals surface area (Å²) in [7, 11) is -2.31. The molecule has 3 heteroatoms. The second-order valence-corrected chi connectivity index (χ2v) is 11.3. The fourth-order valence-electron chi connectivity index (χ4n) is 4.20. The number of hydrogen-bond donors (Lipinski definition) is 1. The Balaban J connectivity index is 2.04. The average molecular weight is 428 g/mol. The molecule has 0 aliphatic carbocycles. The van der Waals surface area contributed by atoms with Gasteiger partial charge in [0, 0.05) is 6.42 Å². The van der Waals surface area contributed by atoms with Crippen LogP contribution in [0.5, 0.6) is 0 Å². The number of benzene rings is 4. The van der Waals surface area contributed by atoms with Gasteiger partial charge in [0.1, 0.15) is 23.2 Å². The highest BCUT2D eigenvalue weighted by Gasteiger charge is 2.54. The molecule has 0 saturated heterocycles. The second kappa shape index (κ2) is 9.43. The van der Waals surface area contributed by atoms with Crippen molar-refractivity contribution in [3.05, 3.63) is 127 Å². The maximum Gasteiger partial charge on any atom is 0.227 e. The van der Waals surface area contributed by atoms with E-state index >= 15 is 0 Å². The highest BCUT2D eigenvalue weighted by Crippen LogP contribution is 2.61. The van der Waals surface area contributed by atoms with Gasteiger partial charge in [-0.2, -0.15) is 0 Å². The first kappa shape index (κ1) is 20.6. The van der Waals surface area contributed by atoms with Crippen molar-refractivity contribution in [2.24, 2.45) is 0 Å². The molecule has 0 N–H and O–H groups in total. The average Bonchev–Trinajstić information content (AvgIpc) is 2.82. The summed E-state index contributed by atoms with van der Waals surface area (Å²) in [4.78, 5) is 13.2. The number of carbonyl (C=O) groups excluding carboxylic acids is 1. The molecule has 148 valence electrons. The topological polar surface area (TPSA) is 17.1 Å². The van der Waals surface area contributed by atoms with Crippen LogP contribution in [0.3, 0.4) is 0 Å². The van der Waals surface area contributed by atoms with Crippen molar-refractivity contribution in [3.63, 3.8) is 0 Å². The second-order valence-electron chi connectivity index (χ2n) is 7.27. The lowest BCUT2D eigenvalue weighted by atomic mass is 10.1. The number of carbonyl (C=O) groups is 1. The number of hydrogen-bond acceptors (Lipinski definition) is 1. The highest BCUT2D eigenvalue weighted by molar-refractivity contribution is 8.02. The van der Waals surface area contributed by atoms with Gasteiger partial charge in [-0.25, -0.2) is 0 Å². The molecule has 0 spiro atoms. The zero-order valence-electron chi connectivity index (χ0n) is 16.6. The van der Waals surface area contributed by atoms with Crippen LogP contribution in [0.15, 0.2) is 121 Å². The summed E-state index contributed by atoms with van der Waals surface area (Å²) in [5.41, 5.74) is 0.882. The van der Waals surface area contributed by atoms with Crippen molar-refractivity contribution in [1.29, 1.82) is 0 Å². The minimum Gasteiger partial charge on any atom is -0.283 e. The van der Waals surface area contributed by atoms with Gasteiger partial charge in [-0.1, -0.05) is 84.9 Å².